The Hall–Kier alpha value is -0.870. The standard InChI is InChI=1S/C17H32N4/c1-5-14-12-20(10-9-17(14)18-7-3)13-16-11-15(6-2)19-21(16)8-4/h11,14,17-18H,5-10,12-13H2,1-4H3. The molecule has 1 fully saturated rings. The van der Waals surface area contributed by atoms with E-state index < -0.39 is 0 Å². The molecule has 0 bridgehead atoms. The van der Waals surface area contributed by atoms with Crippen LogP contribution in [0.2, 0.25) is 0 Å². The van der Waals surface area contributed by atoms with E-state index in [1.807, 2.05) is 0 Å². The molecule has 2 unspecified atom stereocenters. The van der Waals surface area contributed by atoms with Crippen molar-refractivity contribution in [1.29, 1.82) is 0 Å². The number of nitrogens with zero attached hydrogens (tertiary/aromatic N) is 3. The van der Waals surface area contributed by atoms with Gasteiger partial charge in [-0.15, -0.1) is 0 Å². The largest absolute Gasteiger partial charge is 0.314 e. The van der Waals surface area contributed by atoms with Crippen LogP contribution in [0.1, 0.15) is 51.9 Å². The van der Waals surface area contributed by atoms with Gasteiger partial charge >= 0.3 is 0 Å². The van der Waals surface area contributed by atoms with Crippen LogP contribution in [0.15, 0.2) is 6.07 Å². The fourth-order valence-electron chi connectivity index (χ4n) is 3.51. The van der Waals surface area contributed by atoms with Gasteiger partial charge in [-0.1, -0.05) is 27.2 Å². The molecule has 1 aromatic heterocycles. The van der Waals surface area contributed by atoms with E-state index in [0.29, 0.717) is 6.04 Å². The third kappa shape index (κ3) is 4.07. The normalized spacial score (nSPS) is 23.6. The molecule has 4 heteroatoms. The lowest BCUT2D eigenvalue weighted by Crippen LogP contribution is -2.48. The summed E-state index contributed by atoms with van der Waals surface area (Å²) in [5.74, 6) is 0.780. The number of hydrogen-bond donors (Lipinski definition) is 1. The molecule has 2 atom stereocenters. The molecule has 1 aliphatic heterocycles. The second-order valence-corrected chi connectivity index (χ2v) is 6.15. The Morgan fingerprint density at radius 3 is 2.71 bits per heavy atom. The minimum Gasteiger partial charge on any atom is -0.314 e. The Labute approximate surface area is 129 Å². The molecule has 0 aliphatic carbocycles. The van der Waals surface area contributed by atoms with E-state index in [2.05, 4.69) is 53.8 Å². The average molecular weight is 292 g/mol. The first-order valence-corrected chi connectivity index (χ1v) is 8.73. The number of piperidine rings is 1. The van der Waals surface area contributed by atoms with Gasteiger partial charge in [0.2, 0.25) is 0 Å². The van der Waals surface area contributed by atoms with Crippen LogP contribution in [-0.4, -0.2) is 40.4 Å². The lowest BCUT2D eigenvalue weighted by Gasteiger charge is -2.38. The summed E-state index contributed by atoms with van der Waals surface area (Å²) < 4.78 is 2.18. The van der Waals surface area contributed by atoms with Crippen molar-refractivity contribution in [3.05, 3.63) is 17.5 Å². The molecule has 1 aromatic rings. The molecular formula is C17H32N4. The monoisotopic (exact) mass is 292 g/mol. The lowest BCUT2D eigenvalue weighted by molar-refractivity contribution is 0.127. The van der Waals surface area contributed by atoms with Gasteiger partial charge < -0.3 is 5.32 Å². The lowest BCUT2D eigenvalue weighted by atomic mass is 9.90. The van der Waals surface area contributed by atoms with Gasteiger partial charge in [-0.2, -0.15) is 5.10 Å². The molecule has 1 aliphatic rings. The van der Waals surface area contributed by atoms with Crippen LogP contribution < -0.4 is 5.32 Å². The first-order valence-electron chi connectivity index (χ1n) is 8.73. The Bertz CT molecular complexity index is 426. The van der Waals surface area contributed by atoms with Crippen molar-refractivity contribution in [2.75, 3.05) is 19.6 Å². The fourth-order valence-corrected chi connectivity index (χ4v) is 3.51. The highest BCUT2D eigenvalue weighted by atomic mass is 15.3. The van der Waals surface area contributed by atoms with Gasteiger partial charge in [-0.05, 0) is 38.3 Å². The van der Waals surface area contributed by atoms with Gasteiger partial charge in [-0.3, -0.25) is 9.58 Å². The summed E-state index contributed by atoms with van der Waals surface area (Å²) in [6, 6.07) is 3.00. The summed E-state index contributed by atoms with van der Waals surface area (Å²) in [7, 11) is 0. The highest BCUT2D eigenvalue weighted by Gasteiger charge is 2.27. The zero-order chi connectivity index (χ0) is 15.2. The van der Waals surface area contributed by atoms with Crippen LogP contribution >= 0.6 is 0 Å². The topological polar surface area (TPSA) is 33.1 Å². The number of nitrogens with one attached hydrogen (secondary N) is 1. The summed E-state index contributed by atoms with van der Waals surface area (Å²) in [5, 5.41) is 8.34. The van der Waals surface area contributed by atoms with Crippen molar-refractivity contribution in [3.8, 4) is 0 Å². The van der Waals surface area contributed by atoms with E-state index in [-0.39, 0.29) is 0 Å². The molecule has 0 aromatic carbocycles. The highest BCUT2D eigenvalue weighted by molar-refractivity contribution is 5.10. The number of hydrogen-bond acceptors (Lipinski definition) is 3. The maximum atomic E-state index is 4.67. The van der Waals surface area contributed by atoms with E-state index >= 15 is 0 Å². The molecule has 0 spiro atoms. The first-order chi connectivity index (χ1) is 10.2. The van der Waals surface area contributed by atoms with Crippen molar-refractivity contribution in [3.63, 3.8) is 0 Å². The van der Waals surface area contributed by atoms with Crippen molar-refractivity contribution in [1.82, 2.24) is 20.0 Å². The van der Waals surface area contributed by atoms with Crippen LogP contribution in [0.5, 0.6) is 0 Å². The van der Waals surface area contributed by atoms with Gasteiger partial charge in [-0.25, -0.2) is 0 Å². The molecule has 1 saturated heterocycles. The smallest absolute Gasteiger partial charge is 0.0625 e. The maximum absolute atomic E-state index is 4.67. The van der Waals surface area contributed by atoms with E-state index in [9.17, 15) is 0 Å². The summed E-state index contributed by atoms with van der Waals surface area (Å²) >= 11 is 0. The fraction of sp³-hybridized carbons (Fsp3) is 0.824. The van der Waals surface area contributed by atoms with Crippen molar-refractivity contribution in [2.45, 2.75) is 66.1 Å². The van der Waals surface area contributed by atoms with Crippen LogP contribution in [0.25, 0.3) is 0 Å². The number of aromatic nitrogens is 2. The van der Waals surface area contributed by atoms with E-state index in [4.69, 9.17) is 0 Å². The first kappa shape index (κ1) is 16.5. The second kappa shape index (κ2) is 7.95. The molecule has 21 heavy (non-hydrogen) atoms. The maximum Gasteiger partial charge on any atom is 0.0625 e. The Balaban J connectivity index is 1.99. The zero-order valence-electron chi connectivity index (χ0n) is 14.2. The quantitative estimate of drug-likeness (QED) is 0.839. The highest BCUT2D eigenvalue weighted by Crippen LogP contribution is 2.22. The average Bonchev–Trinajstić information content (AvgIpc) is 2.91. The predicted octanol–water partition coefficient (Wildman–Crippen LogP) is 2.68. The molecular weight excluding hydrogens is 260 g/mol. The Morgan fingerprint density at radius 2 is 2.10 bits per heavy atom. The van der Waals surface area contributed by atoms with Crippen LogP contribution in [-0.2, 0) is 19.5 Å². The second-order valence-electron chi connectivity index (χ2n) is 6.15. The molecule has 120 valence electrons. The van der Waals surface area contributed by atoms with Crippen LogP contribution in [0.4, 0.5) is 0 Å². The molecule has 0 amide bonds. The van der Waals surface area contributed by atoms with Crippen LogP contribution in [0, 0.1) is 5.92 Å². The molecule has 0 radical (unpaired) electrons. The summed E-state index contributed by atoms with van der Waals surface area (Å²) in [4.78, 5) is 2.62. The minimum absolute atomic E-state index is 0.707. The zero-order valence-corrected chi connectivity index (χ0v) is 14.2. The number of likely N-dealkylation sites (tertiary alicyclic amines) is 1. The van der Waals surface area contributed by atoms with Crippen molar-refractivity contribution < 1.29 is 0 Å². The van der Waals surface area contributed by atoms with Gasteiger partial charge in [0, 0.05) is 32.2 Å². The third-order valence-electron chi connectivity index (χ3n) is 4.77. The minimum atomic E-state index is 0.707. The number of rotatable bonds is 7. The Morgan fingerprint density at radius 1 is 1.29 bits per heavy atom. The van der Waals surface area contributed by atoms with Gasteiger partial charge in [0.1, 0.15) is 0 Å². The Kier molecular flexibility index (Phi) is 6.24. The SMILES string of the molecule is CCNC1CCN(Cc2cc(CC)nn2CC)CC1CC. The third-order valence-corrected chi connectivity index (χ3v) is 4.77. The van der Waals surface area contributed by atoms with Gasteiger partial charge in [0.15, 0.2) is 0 Å². The molecule has 2 rings (SSSR count). The molecule has 2 heterocycles. The van der Waals surface area contributed by atoms with E-state index in [1.54, 1.807) is 0 Å². The summed E-state index contributed by atoms with van der Waals surface area (Å²) in [6.45, 7) is 14.4. The van der Waals surface area contributed by atoms with Crippen molar-refractivity contribution >= 4 is 0 Å². The summed E-state index contributed by atoms with van der Waals surface area (Å²) in [6.07, 6.45) is 3.56. The van der Waals surface area contributed by atoms with Crippen LogP contribution in [0.3, 0.4) is 0 Å². The van der Waals surface area contributed by atoms with E-state index in [1.165, 1.54) is 37.3 Å². The number of aryl methyl sites for hydroxylation is 2. The predicted molar refractivity (Wildman–Crippen MR) is 88.4 cm³/mol. The molecule has 4 nitrogen and oxygen atoms in total. The molecule has 1 N–H and O–H groups in total. The summed E-state index contributed by atoms with van der Waals surface area (Å²) in [5.41, 5.74) is 2.60. The van der Waals surface area contributed by atoms with Crippen molar-refractivity contribution in [2.24, 2.45) is 5.92 Å². The van der Waals surface area contributed by atoms with Gasteiger partial charge in [0.25, 0.3) is 0 Å². The molecule has 0 saturated carbocycles. The van der Waals surface area contributed by atoms with E-state index in [0.717, 1.165) is 32.0 Å². The van der Waals surface area contributed by atoms with Gasteiger partial charge in [0.05, 0.1) is 11.4 Å².